The van der Waals surface area contributed by atoms with Crippen molar-refractivity contribution in [2.75, 3.05) is 6.61 Å². The van der Waals surface area contributed by atoms with Gasteiger partial charge < -0.3 is 9.72 Å². The van der Waals surface area contributed by atoms with Crippen LogP contribution in [-0.4, -0.2) is 31.8 Å². The average molecular weight is 319 g/mol. The molecule has 0 spiro atoms. The topological polar surface area (TPSA) is 68.6 Å². The summed E-state index contributed by atoms with van der Waals surface area (Å²) in [5, 5.41) is 13.9. The third kappa shape index (κ3) is 2.99. The number of aromatic nitrogens is 5. The number of aryl methyl sites for hydroxylation is 1. The Bertz CT molecular complexity index is 929. The van der Waals surface area contributed by atoms with Crippen LogP contribution >= 0.6 is 0 Å². The Hall–Kier alpha value is -3.15. The highest BCUT2D eigenvalue weighted by molar-refractivity contribution is 5.93. The highest BCUT2D eigenvalue weighted by Crippen LogP contribution is 2.25. The van der Waals surface area contributed by atoms with E-state index in [1.807, 2.05) is 54.7 Å². The summed E-state index contributed by atoms with van der Waals surface area (Å²) in [4.78, 5) is 4.85. The molecule has 0 unspecified atom stereocenters. The van der Waals surface area contributed by atoms with E-state index in [-0.39, 0.29) is 0 Å². The second-order valence-corrected chi connectivity index (χ2v) is 5.47. The van der Waals surface area contributed by atoms with Gasteiger partial charge in [0, 0.05) is 29.1 Å². The molecular weight excluding hydrogens is 302 g/mol. The Labute approximate surface area is 139 Å². The van der Waals surface area contributed by atoms with Crippen LogP contribution in [0, 0.1) is 0 Å². The molecule has 4 aromatic rings. The summed E-state index contributed by atoms with van der Waals surface area (Å²) < 4.78 is 5.67. The molecule has 6 nitrogen and oxygen atoms in total. The van der Waals surface area contributed by atoms with Crippen LogP contribution < -0.4 is 4.74 Å². The van der Waals surface area contributed by atoms with Crippen LogP contribution in [0.15, 0.2) is 60.8 Å². The monoisotopic (exact) mass is 319 g/mol. The van der Waals surface area contributed by atoms with Crippen molar-refractivity contribution in [2.24, 2.45) is 0 Å². The molecule has 0 saturated heterocycles. The van der Waals surface area contributed by atoms with Crippen molar-refractivity contribution in [1.29, 1.82) is 0 Å². The number of aromatic amines is 1. The summed E-state index contributed by atoms with van der Waals surface area (Å²) in [5.41, 5.74) is 2.04. The number of hydrogen-bond donors (Lipinski definition) is 1. The molecule has 4 rings (SSSR count). The molecule has 0 aliphatic rings. The van der Waals surface area contributed by atoms with Crippen molar-refractivity contribution in [3.8, 4) is 17.1 Å². The first kappa shape index (κ1) is 14.4. The van der Waals surface area contributed by atoms with Gasteiger partial charge in [0.2, 0.25) is 5.82 Å². The number of nitrogens with zero attached hydrogens (tertiary/aromatic N) is 4. The predicted molar refractivity (Wildman–Crippen MR) is 91.7 cm³/mol. The first-order chi connectivity index (χ1) is 11.9. The molecule has 2 heterocycles. The lowest BCUT2D eigenvalue weighted by molar-refractivity contribution is 0.293. The average Bonchev–Trinajstić information content (AvgIpc) is 3.26. The first-order valence-electron chi connectivity index (χ1n) is 7.92. The van der Waals surface area contributed by atoms with Gasteiger partial charge in [-0.3, -0.25) is 0 Å². The lowest BCUT2D eigenvalue weighted by Gasteiger charge is -2.04. The lowest BCUT2D eigenvalue weighted by Crippen LogP contribution is -2.07. The summed E-state index contributed by atoms with van der Waals surface area (Å²) in [6.07, 6.45) is 2.74. The molecule has 2 aromatic carbocycles. The quantitative estimate of drug-likeness (QED) is 0.554. The molecule has 6 heteroatoms. The van der Waals surface area contributed by atoms with E-state index < -0.39 is 0 Å². The maximum absolute atomic E-state index is 5.67. The fourth-order valence-electron chi connectivity index (χ4n) is 2.62. The molecule has 0 saturated carbocycles. The Morgan fingerprint density at radius 2 is 1.83 bits per heavy atom. The van der Waals surface area contributed by atoms with Crippen LogP contribution in [0.4, 0.5) is 0 Å². The van der Waals surface area contributed by atoms with Crippen molar-refractivity contribution < 1.29 is 4.74 Å². The maximum atomic E-state index is 5.67. The maximum Gasteiger partial charge on any atom is 0.207 e. The molecule has 0 atom stereocenters. The molecule has 0 aliphatic heterocycles. The van der Waals surface area contributed by atoms with Gasteiger partial charge in [-0.25, -0.2) is 0 Å². The summed E-state index contributed by atoms with van der Waals surface area (Å²) in [6, 6.07) is 17.9. The van der Waals surface area contributed by atoms with Crippen LogP contribution in [-0.2, 0) is 6.54 Å². The zero-order valence-electron chi connectivity index (χ0n) is 13.1. The predicted octanol–water partition coefficient (Wildman–Crippen LogP) is 3.29. The van der Waals surface area contributed by atoms with Crippen molar-refractivity contribution in [2.45, 2.75) is 13.0 Å². The molecule has 120 valence electrons. The van der Waals surface area contributed by atoms with Gasteiger partial charge in [0.1, 0.15) is 5.75 Å². The summed E-state index contributed by atoms with van der Waals surface area (Å²) in [6.45, 7) is 1.29. The molecule has 1 N–H and O–H groups in total. The van der Waals surface area contributed by atoms with Crippen molar-refractivity contribution in [1.82, 2.24) is 25.2 Å². The van der Waals surface area contributed by atoms with E-state index in [1.54, 1.807) is 4.80 Å². The van der Waals surface area contributed by atoms with Crippen molar-refractivity contribution >= 4 is 10.9 Å². The highest BCUT2D eigenvalue weighted by atomic mass is 16.5. The van der Waals surface area contributed by atoms with Gasteiger partial charge in [0.25, 0.3) is 0 Å². The summed E-state index contributed by atoms with van der Waals surface area (Å²) in [5.74, 6) is 1.51. The number of nitrogens with one attached hydrogen (secondary N) is 1. The Morgan fingerprint density at radius 1 is 1.00 bits per heavy atom. The van der Waals surface area contributed by atoms with E-state index in [9.17, 15) is 0 Å². The number of hydrogen-bond acceptors (Lipinski definition) is 4. The standard InChI is InChI=1S/C18H17N5O/c1-2-7-14(8-3-1)24-12-6-11-23-21-18(20-22-23)16-13-19-17-10-5-4-9-15(16)17/h1-5,7-10,13,19H,6,11-12H2. The van der Waals surface area contributed by atoms with E-state index in [2.05, 4.69) is 26.5 Å². The number of benzene rings is 2. The minimum absolute atomic E-state index is 0.619. The number of tetrazole rings is 1. The van der Waals surface area contributed by atoms with Crippen LogP contribution in [0.25, 0.3) is 22.3 Å². The van der Waals surface area contributed by atoms with E-state index in [0.717, 1.165) is 28.6 Å². The lowest BCUT2D eigenvalue weighted by atomic mass is 10.2. The van der Waals surface area contributed by atoms with E-state index >= 15 is 0 Å². The second-order valence-electron chi connectivity index (χ2n) is 5.47. The fourth-order valence-corrected chi connectivity index (χ4v) is 2.62. The summed E-state index contributed by atoms with van der Waals surface area (Å²) in [7, 11) is 0. The molecule has 2 aromatic heterocycles. The normalized spacial score (nSPS) is 11.0. The van der Waals surface area contributed by atoms with E-state index in [0.29, 0.717) is 19.0 Å². The van der Waals surface area contributed by atoms with Gasteiger partial charge in [0.05, 0.1) is 13.2 Å². The minimum Gasteiger partial charge on any atom is -0.494 e. The van der Waals surface area contributed by atoms with Gasteiger partial charge in [0.15, 0.2) is 0 Å². The van der Waals surface area contributed by atoms with Crippen LogP contribution in [0.2, 0.25) is 0 Å². The third-order valence-corrected chi connectivity index (χ3v) is 3.80. The fraction of sp³-hybridized carbons (Fsp3) is 0.167. The molecule has 0 aliphatic carbocycles. The number of fused-ring (bicyclic) bond motifs is 1. The Kier molecular flexibility index (Phi) is 3.93. The Morgan fingerprint density at radius 3 is 2.75 bits per heavy atom. The largest absolute Gasteiger partial charge is 0.494 e. The van der Waals surface area contributed by atoms with Crippen LogP contribution in [0.1, 0.15) is 6.42 Å². The van der Waals surface area contributed by atoms with Gasteiger partial charge in [-0.05, 0) is 23.4 Å². The van der Waals surface area contributed by atoms with Crippen molar-refractivity contribution in [3.63, 3.8) is 0 Å². The van der Waals surface area contributed by atoms with Crippen LogP contribution in [0.3, 0.4) is 0 Å². The first-order valence-corrected chi connectivity index (χ1v) is 7.92. The number of rotatable bonds is 6. The molecule has 24 heavy (non-hydrogen) atoms. The number of H-pyrrole nitrogens is 1. The van der Waals surface area contributed by atoms with Gasteiger partial charge in [-0.15, -0.1) is 10.2 Å². The number of para-hydroxylation sites is 2. The molecular formula is C18H17N5O. The zero-order valence-corrected chi connectivity index (χ0v) is 13.1. The number of ether oxygens (including phenoxy) is 1. The van der Waals surface area contributed by atoms with Gasteiger partial charge >= 0.3 is 0 Å². The minimum atomic E-state index is 0.619. The SMILES string of the molecule is c1ccc(OCCCn2nnc(-c3c[nH]c4ccccc34)n2)cc1. The van der Waals surface area contributed by atoms with E-state index in [1.165, 1.54) is 0 Å². The zero-order chi connectivity index (χ0) is 16.2. The van der Waals surface area contributed by atoms with Gasteiger partial charge in [-0.2, -0.15) is 4.80 Å². The molecule has 0 radical (unpaired) electrons. The van der Waals surface area contributed by atoms with Gasteiger partial charge in [-0.1, -0.05) is 36.4 Å². The molecule has 0 bridgehead atoms. The van der Waals surface area contributed by atoms with E-state index in [4.69, 9.17) is 4.74 Å². The smallest absolute Gasteiger partial charge is 0.207 e. The second kappa shape index (κ2) is 6.54. The molecule has 0 fully saturated rings. The van der Waals surface area contributed by atoms with Crippen LogP contribution in [0.5, 0.6) is 5.75 Å². The van der Waals surface area contributed by atoms with Crippen molar-refractivity contribution in [3.05, 3.63) is 60.8 Å². The summed E-state index contributed by atoms with van der Waals surface area (Å²) >= 11 is 0. The highest BCUT2D eigenvalue weighted by Gasteiger charge is 2.11. The Balaban J connectivity index is 1.38. The third-order valence-electron chi connectivity index (χ3n) is 3.80. The molecule has 0 amide bonds.